The first-order valence-electron chi connectivity index (χ1n) is 4.52. The lowest BCUT2D eigenvalue weighted by Gasteiger charge is -2.07. The Labute approximate surface area is 108 Å². The lowest BCUT2D eigenvalue weighted by molar-refractivity contribution is 0.168. The molecule has 1 amide bonds. The summed E-state index contributed by atoms with van der Waals surface area (Å²) in [7, 11) is 1.30. The van der Waals surface area contributed by atoms with Gasteiger partial charge in [0, 0.05) is 10.7 Å². The zero-order valence-corrected chi connectivity index (χ0v) is 11.1. The SMILES string of the molecule is CCOC(=O)Nc1ccc(S(=O)(=O)Cl)cc1Cl. The second-order valence-corrected chi connectivity index (χ2v) is 5.90. The first-order chi connectivity index (χ1) is 7.84. The van der Waals surface area contributed by atoms with E-state index < -0.39 is 15.1 Å². The van der Waals surface area contributed by atoms with E-state index in [1.807, 2.05) is 0 Å². The van der Waals surface area contributed by atoms with Gasteiger partial charge in [-0.15, -0.1) is 0 Å². The monoisotopic (exact) mass is 297 g/mol. The Hall–Kier alpha value is -0.980. The largest absolute Gasteiger partial charge is 0.450 e. The highest BCUT2D eigenvalue weighted by atomic mass is 35.7. The molecule has 0 saturated heterocycles. The fourth-order valence-electron chi connectivity index (χ4n) is 1.03. The Balaban J connectivity index is 2.95. The van der Waals surface area contributed by atoms with Gasteiger partial charge in [0.2, 0.25) is 0 Å². The number of halogens is 2. The third kappa shape index (κ3) is 4.07. The molecule has 0 aromatic heterocycles. The molecular formula is C9H9Cl2NO4S. The van der Waals surface area contributed by atoms with Gasteiger partial charge in [0.05, 0.1) is 22.2 Å². The van der Waals surface area contributed by atoms with Crippen LogP contribution < -0.4 is 5.32 Å². The van der Waals surface area contributed by atoms with Crippen LogP contribution in [0.3, 0.4) is 0 Å². The fraction of sp³-hybridized carbons (Fsp3) is 0.222. The number of ether oxygens (including phenoxy) is 1. The van der Waals surface area contributed by atoms with Gasteiger partial charge in [-0.25, -0.2) is 13.2 Å². The molecule has 1 rings (SSSR count). The van der Waals surface area contributed by atoms with Gasteiger partial charge in [-0.3, -0.25) is 5.32 Å². The van der Waals surface area contributed by atoms with Crippen molar-refractivity contribution in [1.29, 1.82) is 0 Å². The summed E-state index contributed by atoms with van der Waals surface area (Å²) in [5.41, 5.74) is 0.245. The molecule has 94 valence electrons. The van der Waals surface area contributed by atoms with Crippen LogP contribution in [0, 0.1) is 0 Å². The van der Waals surface area contributed by atoms with Crippen LogP contribution in [-0.2, 0) is 13.8 Å². The number of benzene rings is 1. The molecule has 1 aromatic carbocycles. The lowest BCUT2D eigenvalue weighted by Crippen LogP contribution is -2.13. The summed E-state index contributed by atoms with van der Waals surface area (Å²) in [6.45, 7) is 1.88. The summed E-state index contributed by atoms with van der Waals surface area (Å²) >= 11 is 5.79. The average Bonchev–Trinajstić information content (AvgIpc) is 2.20. The van der Waals surface area contributed by atoms with Gasteiger partial charge in [-0.2, -0.15) is 0 Å². The third-order valence-electron chi connectivity index (χ3n) is 1.73. The van der Waals surface area contributed by atoms with Crippen molar-refractivity contribution in [1.82, 2.24) is 0 Å². The van der Waals surface area contributed by atoms with Crippen molar-refractivity contribution in [2.45, 2.75) is 11.8 Å². The number of anilines is 1. The van der Waals surface area contributed by atoms with Crippen molar-refractivity contribution < 1.29 is 17.9 Å². The Kier molecular flexibility index (Phi) is 4.62. The van der Waals surface area contributed by atoms with E-state index >= 15 is 0 Å². The van der Waals surface area contributed by atoms with Gasteiger partial charge in [-0.05, 0) is 25.1 Å². The molecule has 0 radical (unpaired) electrons. The molecule has 17 heavy (non-hydrogen) atoms. The number of nitrogens with one attached hydrogen (secondary N) is 1. The molecule has 0 bridgehead atoms. The Morgan fingerprint density at radius 1 is 1.47 bits per heavy atom. The van der Waals surface area contributed by atoms with E-state index in [4.69, 9.17) is 22.3 Å². The van der Waals surface area contributed by atoms with E-state index in [-0.39, 0.29) is 22.2 Å². The molecular weight excluding hydrogens is 289 g/mol. The van der Waals surface area contributed by atoms with Crippen molar-refractivity contribution in [2.24, 2.45) is 0 Å². The molecule has 1 aromatic rings. The Bertz CT molecular complexity index is 530. The van der Waals surface area contributed by atoms with Crippen molar-refractivity contribution in [3.8, 4) is 0 Å². The van der Waals surface area contributed by atoms with Crippen molar-refractivity contribution in [3.05, 3.63) is 23.2 Å². The van der Waals surface area contributed by atoms with Crippen LogP contribution in [0.4, 0.5) is 10.5 Å². The van der Waals surface area contributed by atoms with Crippen LogP contribution in [0.2, 0.25) is 5.02 Å². The minimum atomic E-state index is -3.84. The third-order valence-corrected chi connectivity index (χ3v) is 3.40. The highest BCUT2D eigenvalue weighted by Crippen LogP contribution is 2.26. The first kappa shape index (κ1) is 14.1. The first-order valence-corrected chi connectivity index (χ1v) is 7.21. The molecule has 5 nitrogen and oxygen atoms in total. The van der Waals surface area contributed by atoms with Crippen LogP contribution >= 0.6 is 22.3 Å². The highest BCUT2D eigenvalue weighted by Gasteiger charge is 2.13. The lowest BCUT2D eigenvalue weighted by atomic mass is 10.3. The Morgan fingerprint density at radius 2 is 2.12 bits per heavy atom. The maximum Gasteiger partial charge on any atom is 0.411 e. The van der Waals surface area contributed by atoms with Crippen LogP contribution in [0.25, 0.3) is 0 Å². The highest BCUT2D eigenvalue weighted by molar-refractivity contribution is 8.13. The smallest absolute Gasteiger partial charge is 0.411 e. The number of hydrogen-bond acceptors (Lipinski definition) is 4. The molecule has 0 unspecified atom stereocenters. The zero-order chi connectivity index (χ0) is 13.1. The predicted molar refractivity (Wildman–Crippen MR) is 65.1 cm³/mol. The number of rotatable bonds is 3. The van der Waals surface area contributed by atoms with E-state index in [1.165, 1.54) is 12.1 Å². The van der Waals surface area contributed by atoms with E-state index in [1.54, 1.807) is 6.92 Å². The summed E-state index contributed by atoms with van der Waals surface area (Å²) in [4.78, 5) is 11.0. The summed E-state index contributed by atoms with van der Waals surface area (Å²) in [5.74, 6) is 0. The van der Waals surface area contributed by atoms with Crippen molar-refractivity contribution >= 4 is 43.1 Å². The fourth-order valence-corrected chi connectivity index (χ4v) is 2.10. The molecule has 0 spiro atoms. The quantitative estimate of drug-likeness (QED) is 0.871. The maximum absolute atomic E-state index is 11.1. The molecule has 8 heteroatoms. The molecule has 0 fully saturated rings. The summed E-state index contributed by atoms with van der Waals surface area (Å²) in [5, 5.41) is 2.41. The van der Waals surface area contributed by atoms with Crippen molar-refractivity contribution in [3.63, 3.8) is 0 Å². The number of carbonyl (C=O) groups excluding carboxylic acids is 1. The summed E-state index contributed by atoms with van der Waals surface area (Å²) < 4.78 is 26.7. The van der Waals surface area contributed by atoms with Crippen molar-refractivity contribution in [2.75, 3.05) is 11.9 Å². The van der Waals surface area contributed by atoms with Gasteiger partial charge in [0.1, 0.15) is 0 Å². The number of carbonyl (C=O) groups is 1. The van der Waals surface area contributed by atoms with Crippen LogP contribution in [0.5, 0.6) is 0 Å². The Morgan fingerprint density at radius 3 is 2.59 bits per heavy atom. The molecule has 0 atom stereocenters. The van der Waals surface area contributed by atoms with Gasteiger partial charge in [0.25, 0.3) is 9.05 Å². The molecule has 0 aliphatic carbocycles. The van der Waals surface area contributed by atoms with Crippen LogP contribution in [0.15, 0.2) is 23.1 Å². The second kappa shape index (κ2) is 5.57. The van der Waals surface area contributed by atoms with Crippen LogP contribution in [-0.4, -0.2) is 21.1 Å². The van der Waals surface area contributed by atoms with Gasteiger partial charge in [0.15, 0.2) is 0 Å². The van der Waals surface area contributed by atoms with Crippen LogP contribution in [0.1, 0.15) is 6.92 Å². The van der Waals surface area contributed by atoms with E-state index in [9.17, 15) is 13.2 Å². The molecule has 0 aliphatic heterocycles. The zero-order valence-electron chi connectivity index (χ0n) is 8.74. The van der Waals surface area contributed by atoms with E-state index in [0.29, 0.717) is 0 Å². The normalized spacial score (nSPS) is 11.0. The van der Waals surface area contributed by atoms with Gasteiger partial charge >= 0.3 is 6.09 Å². The predicted octanol–water partition coefficient (Wildman–Crippen LogP) is 2.84. The van der Waals surface area contributed by atoms with E-state index in [0.717, 1.165) is 6.07 Å². The molecule has 0 heterocycles. The molecule has 0 aliphatic rings. The summed E-state index contributed by atoms with van der Waals surface area (Å²) in [6.07, 6.45) is -0.670. The van der Waals surface area contributed by atoms with E-state index in [2.05, 4.69) is 10.1 Å². The average molecular weight is 298 g/mol. The van der Waals surface area contributed by atoms with Gasteiger partial charge in [-0.1, -0.05) is 11.6 Å². The standard InChI is InChI=1S/C9H9Cl2NO4S/c1-2-16-9(13)12-8-4-3-6(5-7(8)10)17(11,14)15/h3-5H,2H2,1H3,(H,12,13). The number of hydrogen-bond donors (Lipinski definition) is 1. The molecule has 1 N–H and O–H groups in total. The molecule has 0 saturated carbocycles. The minimum absolute atomic E-state index is 0.0554. The number of amides is 1. The second-order valence-electron chi connectivity index (χ2n) is 2.92. The topological polar surface area (TPSA) is 72.5 Å². The minimum Gasteiger partial charge on any atom is -0.450 e. The summed E-state index contributed by atoms with van der Waals surface area (Å²) in [6, 6.07) is 3.70. The maximum atomic E-state index is 11.1. The van der Waals surface area contributed by atoms with Gasteiger partial charge < -0.3 is 4.74 Å².